The lowest BCUT2D eigenvalue weighted by Crippen LogP contribution is -2.26. The Morgan fingerprint density at radius 2 is 0.681 bits per heavy atom. The SMILES string of the molecule is CC1(C)c2ccccc2-c2ccc(N(c3ccc(-c4ccccc4)cc3)c3ccc(-c4c(-c5ccccc5)c5c(c6ccccc46)C4(c6ccccc6-c6ccccc64)c4ccccc4-5)cc3)cc21. The van der Waals surface area contributed by atoms with E-state index in [1.807, 2.05) is 0 Å². The summed E-state index contributed by atoms with van der Waals surface area (Å²) >= 11 is 0. The molecule has 69 heavy (non-hydrogen) atoms. The van der Waals surface area contributed by atoms with E-state index in [2.05, 4.69) is 267 Å². The van der Waals surface area contributed by atoms with Crippen LogP contribution in [-0.4, -0.2) is 0 Å². The van der Waals surface area contributed by atoms with E-state index in [1.165, 1.54) is 111 Å². The monoisotopic (exact) mass is 877 g/mol. The first kappa shape index (κ1) is 39.6. The third-order valence-corrected chi connectivity index (χ3v) is 15.7. The van der Waals surface area contributed by atoms with Crippen LogP contribution in [0.2, 0.25) is 0 Å². The van der Waals surface area contributed by atoms with Crippen molar-refractivity contribution < 1.29 is 0 Å². The zero-order valence-corrected chi connectivity index (χ0v) is 38.6. The van der Waals surface area contributed by atoms with Gasteiger partial charge in [0.25, 0.3) is 0 Å². The first-order valence-corrected chi connectivity index (χ1v) is 24.3. The van der Waals surface area contributed by atoms with Crippen LogP contribution in [0, 0.1) is 0 Å². The molecule has 11 aromatic rings. The first-order chi connectivity index (χ1) is 34.0. The second-order valence-corrected chi connectivity index (χ2v) is 19.5. The molecule has 0 bridgehead atoms. The van der Waals surface area contributed by atoms with Crippen molar-refractivity contribution in [2.24, 2.45) is 0 Å². The molecular formula is C68H47N. The van der Waals surface area contributed by atoms with Gasteiger partial charge in [-0.05, 0) is 147 Å². The summed E-state index contributed by atoms with van der Waals surface area (Å²) in [6, 6.07) is 93.0. The van der Waals surface area contributed by atoms with Gasteiger partial charge >= 0.3 is 0 Å². The molecule has 1 heteroatoms. The molecule has 1 nitrogen and oxygen atoms in total. The van der Waals surface area contributed by atoms with Crippen LogP contribution in [0.15, 0.2) is 249 Å². The highest BCUT2D eigenvalue weighted by atomic mass is 15.1. The predicted octanol–water partition coefficient (Wildman–Crippen LogP) is 18.0. The Balaban J connectivity index is 0.997. The maximum atomic E-state index is 2.44. The van der Waals surface area contributed by atoms with Gasteiger partial charge in [0.1, 0.15) is 0 Å². The Kier molecular flexibility index (Phi) is 8.61. The molecule has 11 aromatic carbocycles. The largest absolute Gasteiger partial charge is 0.310 e. The number of anilines is 3. The fourth-order valence-corrected chi connectivity index (χ4v) is 12.7. The molecule has 3 aliphatic rings. The van der Waals surface area contributed by atoms with E-state index in [0.29, 0.717) is 0 Å². The van der Waals surface area contributed by atoms with E-state index < -0.39 is 5.41 Å². The molecule has 324 valence electrons. The highest BCUT2D eigenvalue weighted by molar-refractivity contribution is 6.16. The van der Waals surface area contributed by atoms with Gasteiger partial charge in [-0.2, -0.15) is 0 Å². The van der Waals surface area contributed by atoms with Crippen molar-refractivity contribution in [3.05, 3.63) is 282 Å². The summed E-state index contributed by atoms with van der Waals surface area (Å²) in [4.78, 5) is 2.44. The van der Waals surface area contributed by atoms with E-state index in [1.54, 1.807) is 0 Å². The Bertz CT molecular complexity index is 3800. The minimum absolute atomic E-state index is 0.128. The molecular weight excluding hydrogens is 831 g/mol. The molecule has 3 aliphatic carbocycles. The molecule has 0 radical (unpaired) electrons. The molecule has 0 saturated carbocycles. The Hall–Kier alpha value is -8.52. The molecule has 0 heterocycles. The summed E-state index contributed by atoms with van der Waals surface area (Å²) in [6.07, 6.45) is 0. The second-order valence-electron chi connectivity index (χ2n) is 19.5. The summed E-state index contributed by atoms with van der Waals surface area (Å²) in [5.74, 6) is 0. The first-order valence-electron chi connectivity index (χ1n) is 24.3. The summed E-state index contributed by atoms with van der Waals surface area (Å²) in [5, 5.41) is 2.54. The molecule has 1 spiro atoms. The molecule has 0 atom stereocenters. The average molecular weight is 878 g/mol. The van der Waals surface area contributed by atoms with Crippen LogP contribution in [0.1, 0.15) is 47.2 Å². The summed E-state index contributed by atoms with van der Waals surface area (Å²) in [7, 11) is 0. The van der Waals surface area contributed by atoms with E-state index in [0.717, 1.165) is 17.1 Å². The number of rotatable bonds is 6. The lowest BCUT2D eigenvalue weighted by molar-refractivity contribution is 0.660. The van der Waals surface area contributed by atoms with E-state index in [-0.39, 0.29) is 5.41 Å². The molecule has 0 aromatic heterocycles. The molecule has 0 aliphatic heterocycles. The van der Waals surface area contributed by atoms with Crippen molar-refractivity contribution >= 4 is 27.8 Å². The zero-order chi connectivity index (χ0) is 45.8. The van der Waals surface area contributed by atoms with Crippen LogP contribution in [0.3, 0.4) is 0 Å². The number of hydrogen-bond acceptors (Lipinski definition) is 1. The minimum atomic E-state index is -0.479. The third-order valence-electron chi connectivity index (χ3n) is 15.7. The van der Waals surface area contributed by atoms with E-state index >= 15 is 0 Å². The van der Waals surface area contributed by atoms with Crippen molar-refractivity contribution in [2.45, 2.75) is 24.7 Å². The van der Waals surface area contributed by atoms with Crippen LogP contribution in [0.5, 0.6) is 0 Å². The number of nitrogens with zero attached hydrogens (tertiary/aromatic N) is 1. The van der Waals surface area contributed by atoms with Crippen LogP contribution < -0.4 is 4.90 Å². The summed E-state index contributed by atoms with van der Waals surface area (Å²) in [6.45, 7) is 4.73. The normalized spacial score (nSPS) is 13.9. The highest BCUT2D eigenvalue weighted by Crippen LogP contribution is 2.66. The van der Waals surface area contributed by atoms with Gasteiger partial charge in [0, 0.05) is 22.5 Å². The smallest absolute Gasteiger partial charge is 0.0731 e. The molecule has 0 saturated heterocycles. The standard InChI is InChI=1S/C68H47N/c1-67(2)58-29-15-11-23-51(58)54-42-41-50(43-62(54)67)69(48-37-33-45(34-38-48)44-19-5-3-6-20-44)49-39-35-47(36-40-49)63-55-26-9-10-27-56(55)66-65(64(63)46-21-7-4-8-22-46)57-28-14-18-32-61(57)68(66)59-30-16-12-24-52(59)53-25-13-17-31-60(53)68/h3-43H,1-2H3. The van der Waals surface area contributed by atoms with Crippen LogP contribution in [0.25, 0.3) is 77.5 Å². The lowest BCUT2D eigenvalue weighted by atomic mass is 9.68. The lowest BCUT2D eigenvalue weighted by Gasteiger charge is -2.32. The summed E-state index contributed by atoms with van der Waals surface area (Å²) < 4.78 is 0. The second kappa shape index (κ2) is 15.0. The fraction of sp³-hybridized carbons (Fsp3) is 0.0588. The Morgan fingerprint density at radius 1 is 0.275 bits per heavy atom. The predicted molar refractivity (Wildman–Crippen MR) is 289 cm³/mol. The van der Waals surface area contributed by atoms with Gasteiger partial charge in [-0.3, -0.25) is 0 Å². The Labute approximate surface area is 404 Å². The van der Waals surface area contributed by atoms with E-state index in [4.69, 9.17) is 0 Å². The molecule has 0 unspecified atom stereocenters. The van der Waals surface area contributed by atoms with Crippen LogP contribution in [0.4, 0.5) is 17.1 Å². The van der Waals surface area contributed by atoms with Gasteiger partial charge in [0.05, 0.1) is 5.41 Å². The molecule has 0 fully saturated rings. The van der Waals surface area contributed by atoms with Crippen molar-refractivity contribution in [1.29, 1.82) is 0 Å². The zero-order valence-electron chi connectivity index (χ0n) is 38.6. The molecule has 0 N–H and O–H groups in total. The van der Waals surface area contributed by atoms with Gasteiger partial charge in [-0.25, -0.2) is 0 Å². The minimum Gasteiger partial charge on any atom is -0.310 e. The van der Waals surface area contributed by atoms with Crippen LogP contribution in [-0.2, 0) is 10.8 Å². The van der Waals surface area contributed by atoms with Crippen molar-refractivity contribution in [1.82, 2.24) is 0 Å². The van der Waals surface area contributed by atoms with Gasteiger partial charge in [0.15, 0.2) is 0 Å². The van der Waals surface area contributed by atoms with Gasteiger partial charge in [-0.1, -0.05) is 226 Å². The van der Waals surface area contributed by atoms with Gasteiger partial charge in [-0.15, -0.1) is 0 Å². The number of fused-ring (bicyclic) bond motifs is 15. The van der Waals surface area contributed by atoms with Crippen molar-refractivity contribution in [2.75, 3.05) is 4.90 Å². The Morgan fingerprint density at radius 3 is 1.29 bits per heavy atom. The average Bonchev–Trinajstić information content (AvgIpc) is 3.98. The maximum absolute atomic E-state index is 2.44. The van der Waals surface area contributed by atoms with Crippen molar-refractivity contribution in [3.63, 3.8) is 0 Å². The third kappa shape index (κ3) is 5.59. The highest BCUT2D eigenvalue weighted by Gasteiger charge is 2.53. The van der Waals surface area contributed by atoms with Gasteiger partial charge < -0.3 is 4.90 Å². The van der Waals surface area contributed by atoms with Crippen molar-refractivity contribution in [3.8, 4) is 66.8 Å². The quantitative estimate of drug-likeness (QED) is 0.161. The summed E-state index contributed by atoms with van der Waals surface area (Å²) in [5.41, 5.74) is 26.2. The van der Waals surface area contributed by atoms with Crippen LogP contribution >= 0.6 is 0 Å². The topological polar surface area (TPSA) is 3.24 Å². The van der Waals surface area contributed by atoms with E-state index in [9.17, 15) is 0 Å². The van der Waals surface area contributed by atoms with Gasteiger partial charge in [0.2, 0.25) is 0 Å². The molecule has 0 amide bonds. The number of benzene rings is 11. The maximum Gasteiger partial charge on any atom is 0.0731 e. The fourth-order valence-electron chi connectivity index (χ4n) is 12.7. The molecule has 14 rings (SSSR count). The number of hydrogen-bond donors (Lipinski definition) is 0.